The van der Waals surface area contributed by atoms with Gasteiger partial charge in [-0.05, 0) is 37.3 Å². The highest BCUT2D eigenvalue weighted by atomic mass is 16.1. The molecule has 0 bridgehead atoms. The number of aryl methyl sites for hydroxylation is 1. The SMILES string of the molecule is CC1(C(=O)C2CCc3cccnc32)CC1. The topological polar surface area (TPSA) is 30.0 Å². The normalized spacial score (nSPS) is 26.1. The number of hydrogen-bond donors (Lipinski definition) is 0. The number of nitrogens with zero attached hydrogens (tertiary/aromatic N) is 1. The molecule has 0 N–H and O–H groups in total. The van der Waals surface area contributed by atoms with Crippen LogP contribution in [0.3, 0.4) is 0 Å². The highest BCUT2D eigenvalue weighted by molar-refractivity contribution is 5.93. The first-order valence-electron chi connectivity index (χ1n) is 5.69. The lowest BCUT2D eigenvalue weighted by atomic mass is 9.90. The van der Waals surface area contributed by atoms with Gasteiger partial charge in [0.15, 0.2) is 0 Å². The van der Waals surface area contributed by atoms with E-state index >= 15 is 0 Å². The molecule has 2 aliphatic carbocycles. The Labute approximate surface area is 89.7 Å². The first kappa shape index (κ1) is 9.08. The van der Waals surface area contributed by atoms with Crippen LogP contribution in [0.15, 0.2) is 18.3 Å². The van der Waals surface area contributed by atoms with Crippen LogP contribution in [0, 0.1) is 5.41 Å². The Bertz CT molecular complexity index is 420. The van der Waals surface area contributed by atoms with Crippen LogP contribution >= 0.6 is 0 Å². The Kier molecular flexibility index (Phi) is 1.76. The van der Waals surface area contributed by atoms with Gasteiger partial charge >= 0.3 is 0 Å². The molecule has 1 aromatic heterocycles. The number of carbonyl (C=O) groups excluding carboxylic acids is 1. The van der Waals surface area contributed by atoms with Crippen molar-refractivity contribution in [1.82, 2.24) is 4.98 Å². The van der Waals surface area contributed by atoms with Crippen LogP contribution < -0.4 is 0 Å². The van der Waals surface area contributed by atoms with Crippen LogP contribution in [0.25, 0.3) is 0 Å². The summed E-state index contributed by atoms with van der Waals surface area (Å²) in [7, 11) is 0. The standard InChI is InChI=1S/C13H15NO/c1-13(6-7-13)12(15)10-5-4-9-3-2-8-14-11(9)10/h2-3,8,10H,4-7H2,1H3. The van der Waals surface area contributed by atoms with E-state index in [1.807, 2.05) is 6.07 Å². The predicted molar refractivity (Wildman–Crippen MR) is 57.6 cm³/mol. The number of fused-ring (bicyclic) bond motifs is 1. The molecule has 0 radical (unpaired) electrons. The van der Waals surface area contributed by atoms with Gasteiger partial charge in [-0.2, -0.15) is 0 Å². The van der Waals surface area contributed by atoms with Crippen LogP contribution in [-0.2, 0) is 11.2 Å². The number of ketones is 1. The largest absolute Gasteiger partial charge is 0.298 e. The maximum absolute atomic E-state index is 12.3. The first-order chi connectivity index (χ1) is 7.21. The fraction of sp³-hybridized carbons (Fsp3) is 0.538. The number of Topliss-reactive ketones (excluding diaryl/α,β-unsaturated/α-hetero) is 1. The maximum Gasteiger partial charge on any atom is 0.147 e. The highest BCUT2D eigenvalue weighted by Crippen LogP contribution is 2.50. The molecule has 2 aliphatic rings. The number of aromatic nitrogens is 1. The summed E-state index contributed by atoms with van der Waals surface area (Å²) in [6.45, 7) is 2.09. The second kappa shape index (κ2) is 2.91. The number of pyridine rings is 1. The van der Waals surface area contributed by atoms with Gasteiger partial charge in [-0.3, -0.25) is 9.78 Å². The molecule has 0 saturated heterocycles. The van der Waals surface area contributed by atoms with Crippen molar-refractivity contribution in [2.24, 2.45) is 5.41 Å². The lowest BCUT2D eigenvalue weighted by Crippen LogP contribution is -2.20. The van der Waals surface area contributed by atoms with Gasteiger partial charge in [-0.15, -0.1) is 0 Å². The van der Waals surface area contributed by atoms with Crippen molar-refractivity contribution in [1.29, 1.82) is 0 Å². The summed E-state index contributed by atoms with van der Waals surface area (Å²) >= 11 is 0. The molecule has 3 rings (SSSR count). The molecule has 1 saturated carbocycles. The van der Waals surface area contributed by atoms with Crippen molar-refractivity contribution in [2.45, 2.75) is 38.5 Å². The molecule has 1 heterocycles. The van der Waals surface area contributed by atoms with E-state index in [9.17, 15) is 4.79 Å². The fourth-order valence-electron chi connectivity index (χ4n) is 2.52. The Morgan fingerprint density at radius 2 is 2.33 bits per heavy atom. The highest BCUT2D eigenvalue weighted by Gasteiger charge is 2.49. The minimum absolute atomic E-state index is 0.0101. The zero-order chi connectivity index (χ0) is 10.5. The van der Waals surface area contributed by atoms with Crippen LogP contribution in [0.1, 0.15) is 43.4 Å². The summed E-state index contributed by atoms with van der Waals surface area (Å²) in [5.41, 5.74) is 2.32. The lowest BCUT2D eigenvalue weighted by Gasteiger charge is -2.14. The van der Waals surface area contributed by atoms with E-state index in [0.29, 0.717) is 5.78 Å². The van der Waals surface area contributed by atoms with Crippen LogP contribution in [0.2, 0.25) is 0 Å². The second-order valence-corrected chi connectivity index (χ2v) is 5.06. The Balaban J connectivity index is 1.94. The predicted octanol–water partition coefficient (Wildman–Crippen LogP) is 2.48. The molecule has 1 unspecified atom stereocenters. The lowest BCUT2D eigenvalue weighted by molar-refractivity contribution is -0.125. The summed E-state index contributed by atoms with van der Waals surface area (Å²) in [5, 5.41) is 0. The van der Waals surface area contributed by atoms with E-state index in [4.69, 9.17) is 0 Å². The summed E-state index contributed by atoms with van der Waals surface area (Å²) in [5.74, 6) is 0.522. The van der Waals surface area contributed by atoms with Crippen LogP contribution in [0.4, 0.5) is 0 Å². The minimum Gasteiger partial charge on any atom is -0.298 e. The molecule has 1 atom stereocenters. The van der Waals surface area contributed by atoms with Gasteiger partial charge < -0.3 is 0 Å². The van der Waals surface area contributed by atoms with Crippen molar-refractivity contribution >= 4 is 5.78 Å². The molecular weight excluding hydrogens is 186 g/mol. The molecule has 0 aromatic carbocycles. The molecule has 15 heavy (non-hydrogen) atoms. The summed E-state index contributed by atoms with van der Waals surface area (Å²) in [6, 6.07) is 4.06. The van der Waals surface area contributed by atoms with Gasteiger partial charge in [0.25, 0.3) is 0 Å². The van der Waals surface area contributed by atoms with E-state index in [1.165, 1.54) is 5.56 Å². The molecule has 0 spiro atoms. The summed E-state index contributed by atoms with van der Waals surface area (Å²) in [4.78, 5) is 16.6. The second-order valence-electron chi connectivity index (χ2n) is 5.06. The maximum atomic E-state index is 12.3. The number of rotatable bonds is 2. The quantitative estimate of drug-likeness (QED) is 0.735. The summed E-state index contributed by atoms with van der Waals surface area (Å²) in [6.07, 6.45) is 5.95. The summed E-state index contributed by atoms with van der Waals surface area (Å²) < 4.78 is 0. The van der Waals surface area contributed by atoms with Crippen molar-refractivity contribution in [2.75, 3.05) is 0 Å². The molecular formula is C13H15NO. The Morgan fingerprint density at radius 1 is 1.53 bits per heavy atom. The van der Waals surface area contributed by atoms with Crippen molar-refractivity contribution in [3.8, 4) is 0 Å². The number of carbonyl (C=O) groups is 1. The van der Waals surface area contributed by atoms with Crippen molar-refractivity contribution in [3.63, 3.8) is 0 Å². The third kappa shape index (κ3) is 1.31. The van der Waals surface area contributed by atoms with Crippen molar-refractivity contribution in [3.05, 3.63) is 29.6 Å². The van der Waals surface area contributed by atoms with E-state index in [1.54, 1.807) is 6.20 Å². The van der Waals surface area contributed by atoms with Gasteiger partial charge in [0.2, 0.25) is 0 Å². The van der Waals surface area contributed by atoms with Gasteiger partial charge in [0.1, 0.15) is 5.78 Å². The smallest absolute Gasteiger partial charge is 0.147 e. The van der Waals surface area contributed by atoms with Crippen LogP contribution in [-0.4, -0.2) is 10.8 Å². The fourth-order valence-corrected chi connectivity index (χ4v) is 2.52. The molecule has 0 aliphatic heterocycles. The molecule has 1 aromatic rings. The molecule has 78 valence electrons. The zero-order valence-corrected chi connectivity index (χ0v) is 8.99. The van der Waals surface area contributed by atoms with Crippen LogP contribution in [0.5, 0.6) is 0 Å². The number of hydrogen-bond acceptors (Lipinski definition) is 2. The third-order valence-electron chi connectivity index (χ3n) is 3.87. The van der Waals surface area contributed by atoms with Gasteiger partial charge in [-0.1, -0.05) is 13.0 Å². The van der Waals surface area contributed by atoms with Crippen molar-refractivity contribution < 1.29 is 4.79 Å². The third-order valence-corrected chi connectivity index (χ3v) is 3.87. The molecule has 2 heteroatoms. The van der Waals surface area contributed by atoms with Gasteiger partial charge in [0.05, 0.1) is 11.6 Å². The first-order valence-corrected chi connectivity index (χ1v) is 5.69. The van der Waals surface area contributed by atoms with Gasteiger partial charge in [-0.25, -0.2) is 0 Å². The average Bonchev–Trinajstić information content (AvgIpc) is 2.87. The van der Waals surface area contributed by atoms with E-state index < -0.39 is 0 Å². The zero-order valence-electron chi connectivity index (χ0n) is 8.99. The molecule has 1 fully saturated rings. The average molecular weight is 201 g/mol. The van der Waals surface area contributed by atoms with E-state index in [-0.39, 0.29) is 11.3 Å². The van der Waals surface area contributed by atoms with E-state index in [0.717, 1.165) is 31.4 Å². The Morgan fingerprint density at radius 3 is 3.07 bits per heavy atom. The Hall–Kier alpha value is -1.18. The molecule has 0 amide bonds. The molecule has 2 nitrogen and oxygen atoms in total. The van der Waals surface area contributed by atoms with Gasteiger partial charge in [0, 0.05) is 11.6 Å². The minimum atomic E-state index is -0.0101. The van der Waals surface area contributed by atoms with E-state index in [2.05, 4.69) is 18.0 Å². The monoisotopic (exact) mass is 201 g/mol.